The van der Waals surface area contributed by atoms with Gasteiger partial charge in [-0.3, -0.25) is 4.79 Å². The normalized spacial score (nSPS) is 10.2. The van der Waals surface area contributed by atoms with Crippen LogP contribution >= 0.6 is 0 Å². The summed E-state index contributed by atoms with van der Waals surface area (Å²) in [6.07, 6.45) is 0. The molecular formula is C23H22FN3O3. The number of rotatable bonds is 7. The summed E-state index contributed by atoms with van der Waals surface area (Å²) >= 11 is 0. The zero-order valence-electron chi connectivity index (χ0n) is 16.5. The Morgan fingerprint density at radius 1 is 0.933 bits per heavy atom. The molecule has 7 heteroatoms. The Hall–Kier alpha value is -3.87. The van der Waals surface area contributed by atoms with E-state index in [4.69, 9.17) is 4.74 Å². The van der Waals surface area contributed by atoms with Gasteiger partial charge in [-0.25, -0.2) is 9.18 Å². The smallest absolute Gasteiger partial charge is 0.319 e. The standard InChI is InChI=1S/C23H22FN3O3/c1-30-21-13-7-17(8-14-21)22(28)27(20-11-9-18(24)10-12-20)16-15-25-23(29)26-19-5-3-2-4-6-19/h2-14H,15-16H2,1H3,(H2,25,26,29). The van der Waals surface area contributed by atoms with Crippen LogP contribution in [0.5, 0.6) is 5.75 Å². The van der Waals surface area contributed by atoms with Crippen molar-refractivity contribution in [3.05, 3.63) is 90.2 Å². The Bertz CT molecular complexity index is 977. The number of benzene rings is 3. The number of hydrogen-bond acceptors (Lipinski definition) is 3. The van der Waals surface area contributed by atoms with Gasteiger partial charge >= 0.3 is 6.03 Å². The van der Waals surface area contributed by atoms with Gasteiger partial charge in [0, 0.05) is 30.0 Å². The van der Waals surface area contributed by atoms with E-state index in [1.165, 1.54) is 29.2 Å². The van der Waals surface area contributed by atoms with Crippen LogP contribution in [0.2, 0.25) is 0 Å². The molecule has 0 aliphatic rings. The molecule has 3 amide bonds. The van der Waals surface area contributed by atoms with E-state index < -0.39 is 5.82 Å². The molecule has 0 radical (unpaired) electrons. The monoisotopic (exact) mass is 407 g/mol. The maximum atomic E-state index is 13.3. The van der Waals surface area contributed by atoms with E-state index in [0.717, 1.165) is 0 Å². The number of halogens is 1. The zero-order valence-corrected chi connectivity index (χ0v) is 16.5. The van der Waals surface area contributed by atoms with Crippen LogP contribution < -0.4 is 20.3 Å². The summed E-state index contributed by atoms with van der Waals surface area (Å²) in [6.45, 7) is 0.413. The van der Waals surface area contributed by atoms with E-state index in [1.807, 2.05) is 18.2 Å². The van der Waals surface area contributed by atoms with E-state index in [-0.39, 0.29) is 25.0 Å². The number of hydrogen-bond donors (Lipinski definition) is 2. The molecule has 0 heterocycles. The molecule has 3 aromatic rings. The summed E-state index contributed by atoms with van der Waals surface area (Å²) in [5.41, 5.74) is 1.65. The fourth-order valence-electron chi connectivity index (χ4n) is 2.84. The van der Waals surface area contributed by atoms with Crippen molar-refractivity contribution in [2.45, 2.75) is 0 Å². The van der Waals surface area contributed by atoms with Gasteiger partial charge in [0.25, 0.3) is 5.91 Å². The molecular weight excluding hydrogens is 385 g/mol. The van der Waals surface area contributed by atoms with Gasteiger partial charge in [0.05, 0.1) is 7.11 Å². The van der Waals surface area contributed by atoms with Crippen molar-refractivity contribution in [2.75, 3.05) is 30.4 Å². The molecule has 3 aromatic carbocycles. The van der Waals surface area contributed by atoms with Crippen LogP contribution in [-0.4, -0.2) is 32.1 Å². The van der Waals surface area contributed by atoms with Crippen LogP contribution in [0.15, 0.2) is 78.9 Å². The number of methoxy groups -OCH3 is 1. The first kappa shape index (κ1) is 20.9. The van der Waals surface area contributed by atoms with Crippen LogP contribution in [0.3, 0.4) is 0 Å². The second kappa shape index (κ2) is 10.1. The molecule has 0 aromatic heterocycles. The van der Waals surface area contributed by atoms with Crippen molar-refractivity contribution in [3.63, 3.8) is 0 Å². The van der Waals surface area contributed by atoms with E-state index in [2.05, 4.69) is 10.6 Å². The Kier molecular flexibility index (Phi) is 7.00. The highest BCUT2D eigenvalue weighted by Crippen LogP contribution is 2.19. The SMILES string of the molecule is COc1ccc(C(=O)N(CCNC(=O)Nc2ccccc2)c2ccc(F)cc2)cc1. The maximum Gasteiger partial charge on any atom is 0.319 e. The Morgan fingerprint density at radius 2 is 1.60 bits per heavy atom. The van der Waals surface area contributed by atoms with E-state index in [9.17, 15) is 14.0 Å². The quantitative estimate of drug-likeness (QED) is 0.613. The molecule has 0 spiro atoms. The highest BCUT2D eigenvalue weighted by Gasteiger charge is 2.18. The van der Waals surface area contributed by atoms with E-state index >= 15 is 0 Å². The van der Waals surface area contributed by atoms with Crippen LogP contribution in [0, 0.1) is 5.82 Å². The molecule has 0 saturated heterocycles. The van der Waals surface area contributed by atoms with Crippen LogP contribution in [-0.2, 0) is 0 Å². The van der Waals surface area contributed by atoms with Crippen LogP contribution in [0.1, 0.15) is 10.4 Å². The Labute approximate surface area is 174 Å². The largest absolute Gasteiger partial charge is 0.497 e. The third-order valence-corrected chi connectivity index (χ3v) is 4.37. The lowest BCUT2D eigenvalue weighted by Gasteiger charge is -2.23. The lowest BCUT2D eigenvalue weighted by molar-refractivity contribution is 0.0987. The molecule has 154 valence electrons. The zero-order chi connectivity index (χ0) is 21.3. The van der Waals surface area contributed by atoms with Gasteiger partial charge in [-0.05, 0) is 60.7 Å². The number of para-hydroxylation sites is 1. The van der Waals surface area contributed by atoms with Crippen molar-refractivity contribution in [1.29, 1.82) is 0 Å². The number of amides is 3. The lowest BCUT2D eigenvalue weighted by atomic mass is 10.1. The average Bonchev–Trinajstić information content (AvgIpc) is 2.78. The molecule has 0 bridgehead atoms. The first-order chi connectivity index (χ1) is 14.6. The first-order valence-electron chi connectivity index (χ1n) is 9.38. The van der Waals surface area contributed by atoms with Gasteiger partial charge in [0.2, 0.25) is 0 Å². The molecule has 6 nitrogen and oxygen atoms in total. The molecule has 0 saturated carbocycles. The molecule has 0 aliphatic heterocycles. The number of ether oxygens (including phenoxy) is 1. The van der Waals surface area contributed by atoms with Gasteiger partial charge in [0.1, 0.15) is 11.6 Å². The molecule has 0 atom stereocenters. The number of anilines is 2. The highest BCUT2D eigenvalue weighted by molar-refractivity contribution is 6.06. The van der Waals surface area contributed by atoms with Crippen molar-refractivity contribution in [1.82, 2.24) is 5.32 Å². The van der Waals surface area contributed by atoms with E-state index in [1.54, 1.807) is 43.5 Å². The van der Waals surface area contributed by atoms with Crippen molar-refractivity contribution in [2.24, 2.45) is 0 Å². The molecule has 2 N–H and O–H groups in total. The van der Waals surface area contributed by atoms with Gasteiger partial charge in [-0.1, -0.05) is 18.2 Å². The van der Waals surface area contributed by atoms with Gasteiger partial charge in [0.15, 0.2) is 0 Å². The van der Waals surface area contributed by atoms with Crippen molar-refractivity contribution in [3.8, 4) is 5.75 Å². The third kappa shape index (κ3) is 5.57. The van der Waals surface area contributed by atoms with Crippen LogP contribution in [0.25, 0.3) is 0 Å². The molecule has 30 heavy (non-hydrogen) atoms. The minimum atomic E-state index is -0.393. The van der Waals surface area contributed by atoms with E-state index in [0.29, 0.717) is 22.7 Å². The fourth-order valence-corrected chi connectivity index (χ4v) is 2.84. The summed E-state index contributed by atoms with van der Waals surface area (Å²) in [4.78, 5) is 26.6. The first-order valence-corrected chi connectivity index (χ1v) is 9.38. The number of nitrogens with zero attached hydrogens (tertiary/aromatic N) is 1. The number of nitrogens with one attached hydrogen (secondary N) is 2. The van der Waals surface area contributed by atoms with Crippen LogP contribution in [0.4, 0.5) is 20.6 Å². The third-order valence-electron chi connectivity index (χ3n) is 4.37. The predicted octanol–water partition coefficient (Wildman–Crippen LogP) is 4.30. The van der Waals surface area contributed by atoms with Gasteiger partial charge < -0.3 is 20.3 Å². The molecule has 3 rings (SSSR count). The average molecular weight is 407 g/mol. The minimum absolute atomic E-state index is 0.206. The summed E-state index contributed by atoms with van der Waals surface area (Å²) in [7, 11) is 1.55. The lowest BCUT2D eigenvalue weighted by Crippen LogP contribution is -2.40. The molecule has 0 fully saturated rings. The second-order valence-electron chi connectivity index (χ2n) is 6.41. The topological polar surface area (TPSA) is 70.7 Å². The maximum absolute atomic E-state index is 13.3. The van der Waals surface area contributed by atoms with Gasteiger partial charge in [-0.2, -0.15) is 0 Å². The fraction of sp³-hybridized carbons (Fsp3) is 0.130. The summed E-state index contributed by atoms with van der Waals surface area (Å²) in [5.74, 6) is -0.0235. The highest BCUT2D eigenvalue weighted by atomic mass is 19.1. The molecule has 0 aliphatic carbocycles. The summed E-state index contributed by atoms with van der Waals surface area (Å²) in [5, 5.41) is 5.45. The number of carbonyl (C=O) groups excluding carboxylic acids is 2. The number of urea groups is 1. The minimum Gasteiger partial charge on any atom is -0.497 e. The number of carbonyl (C=O) groups is 2. The summed E-state index contributed by atoms with van der Waals surface area (Å²) in [6, 6.07) is 21.0. The Morgan fingerprint density at radius 3 is 2.23 bits per heavy atom. The van der Waals surface area contributed by atoms with Gasteiger partial charge in [-0.15, -0.1) is 0 Å². The Balaban J connectivity index is 1.68. The predicted molar refractivity (Wildman–Crippen MR) is 115 cm³/mol. The molecule has 0 unspecified atom stereocenters. The second-order valence-corrected chi connectivity index (χ2v) is 6.41. The van der Waals surface area contributed by atoms with Crippen molar-refractivity contribution >= 4 is 23.3 Å². The van der Waals surface area contributed by atoms with Crippen molar-refractivity contribution < 1.29 is 18.7 Å². The summed E-state index contributed by atoms with van der Waals surface area (Å²) < 4.78 is 18.5.